The predicted octanol–water partition coefficient (Wildman–Crippen LogP) is 0.260. The number of aliphatic carboxylic acids is 1. The molecule has 0 aromatic heterocycles. The fourth-order valence-corrected chi connectivity index (χ4v) is 3.02. The summed E-state index contributed by atoms with van der Waals surface area (Å²) in [5, 5.41) is 14.8. The quantitative estimate of drug-likeness (QED) is 0.693. The molecule has 3 atom stereocenters. The second-order valence-electron chi connectivity index (χ2n) is 5.95. The lowest BCUT2D eigenvalue weighted by atomic mass is 9.84. The molecule has 7 heteroatoms. The highest BCUT2D eigenvalue weighted by atomic mass is 16.5. The zero-order valence-corrected chi connectivity index (χ0v) is 12.5. The van der Waals surface area contributed by atoms with Crippen LogP contribution in [0.15, 0.2) is 0 Å². The van der Waals surface area contributed by atoms with E-state index in [-0.39, 0.29) is 18.2 Å². The average molecular weight is 299 g/mol. The van der Waals surface area contributed by atoms with Gasteiger partial charge in [0.2, 0.25) is 0 Å². The first-order valence-corrected chi connectivity index (χ1v) is 7.63. The van der Waals surface area contributed by atoms with Crippen LogP contribution >= 0.6 is 0 Å². The molecule has 1 aliphatic carbocycles. The third kappa shape index (κ3) is 4.86. The summed E-state index contributed by atoms with van der Waals surface area (Å²) in [6.07, 6.45) is 3.24. The van der Waals surface area contributed by atoms with E-state index in [1.807, 2.05) is 7.05 Å². The average Bonchev–Trinajstić information content (AvgIpc) is 2.45. The van der Waals surface area contributed by atoms with Crippen LogP contribution in [0.4, 0.5) is 4.79 Å². The summed E-state index contributed by atoms with van der Waals surface area (Å²) >= 11 is 0. The molecule has 0 aromatic carbocycles. The second kappa shape index (κ2) is 7.61. The van der Waals surface area contributed by atoms with Gasteiger partial charge in [0.15, 0.2) is 0 Å². The molecule has 21 heavy (non-hydrogen) atoms. The van der Waals surface area contributed by atoms with E-state index in [0.717, 1.165) is 32.4 Å². The molecule has 2 amide bonds. The summed E-state index contributed by atoms with van der Waals surface area (Å²) < 4.78 is 5.57. The van der Waals surface area contributed by atoms with Crippen molar-refractivity contribution in [2.75, 3.05) is 33.3 Å². The van der Waals surface area contributed by atoms with Crippen LogP contribution in [0.3, 0.4) is 0 Å². The molecule has 0 radical (unpaired) electrons. The van der Waals surface area contributed by atoms with E-state index in [0.29, 0.717) is 19.6 Å². The largest absolute Gasteiger partial charge is 0.481 e. The molecule has 3 N–H and O–H groups in total. The van der Waals surface area contributed by atoms with Crippen molar-refractivity contribution in [2.45, 2.75) is 37.8 Å². The monoisotopic (exact) mass is 299 g/mol. The van der Waals surface area contributed by atoms with Gasteiger partial charge in [-0.2, -0.15) is 0 Å². The van der Waals surface area contributed by atoms with Gasteiger partial charge >= 0.3 is 12.0 Å². The number of morpholine rings is 1. The van der Waals surface area contributed by atoms with Gasteiger partial charge in [0.25, 0.3) is 0 Å². The molecule has 1 saturated heterocycles. The number of amides is 2. The van der Waals surface area contributed by atoms with Crippen molar-refractivity contribution in [3.05, 3.63) is 0 Å². The highest BCUT2D eigenvalue weighted by molar-refractivity contribution is 5.76. The Kier molecular flexibility index (Phi) is 5.81. The molecular weight excluding hydrogens is 274 g/mol. The van der Waals surface area contributed by atoms with Crippen LogP contribution in [-0.4, -0.2) is 67.4 Å². The van der Waals surface area contributed by atoms with Crippen molar-refractivity contribution in [2.24, 2.45) is 5.92 Å². The fraction of sp³-hybridized carbons (Fsp3) is 0.857. The van der Waals surface area contributed by atoms with Crippen molar-refractivity contribution in [1.29, 1.82) is 0 Å². The number of ether oxygens (including phenoxy) is 1. The maximum atomic E-state index is 11.9. The molecule has 2 aliphatic rings. The van der Waals surface area contributed by atoms with Crippen molar-refractivity contribution in [3.63, 3.8) is 0 Å². The fourth-order valence-electron chi connectivity index (χ4n) is 3.02. The first kappa shape index (κ1) is 16.0. The summed E-state index contributed by atoms with van der Waals surface area (Å²) in [6, 6.07) is -0.573. The Morgan fingerprint density at radius 1 is 1.33 bits per heavy atom. The van der Waals surface area contributed by atoms with Gasteiger partial charge < -0.3 is 25.4 Å². The maximum absolute atomic E-state index is 11.9. The first-order chi connectivity index (χ1) is 10.1. The van der Waals surface area contributed by atoms with E-state index in [4.69, 9.17) is 4.74 Å². The molecule has 7 nitrogen and oxygen atoms in total. The van der Waals surface area contributed by atoms with Gasteiger partial charge in [-0.15, -0.1) is 0 Å². The van der Waals surface area contributed by atoms with E-state index < -0.39 is 11.9 Å². The van der Waals surface area contributed by atoms with Crippen LogP contribution in [0.2, 0.25) is 0 Å². The normalized spacial score (nSPS) is 30.6. The molecular formula is C14H25N3O4. The Labute approximate surface area is 125 Å². The van der Waals surface area contributed by atoms with Crippen LogP contribution in [0, 0.1) is 5.92 Å². The van der Waals surface area contributed by atoms with E-state index >= 15 is 0 Å². The van der Waals surface area contributed by atoms with E-state index in [9.17, 15) is 14.7 Å². The Hall–Kier alpha value is -1.34. The van der Waals surface area contributed by atoms with Crippen molar-refractivity contribution in [3.8, 4) is 0 Å². The number of likely N-dealkylation sites (N-methyl/N-ethyl adjacent to an activating group) is 1. The lowest BCUT2D eigenvalue weighted by Gasteiger charge is -2.31. The lowest BCUT2D eigenvalue weighted by molar-refractivity contribution is -0.143. The van der Waals surface area contributed by atoms with Gasteiger partial charge in [-0.1, -0.05) is 12.8 Å². The second-order valence-corrected chi connectivity index (χ2v) is 5.95. The van der Waals surface area contributed by atoms with Gasteiger partial charge in [-0.25, -0.2) is 4.79 Å². The summed E-state index contributed by atoms with van der Waals surface area (Å²) in [5.41, 5.74) is 0. The number of carboxylic acid groups (broad SMARTS) is 1. The highest BCUT2D eigenvalue weighted by Crippen LogP contribution is 2.24. The van der Waals surface area contributed by atoms with E-state index in [2.05, 4.69) is 15.5 Å². The predicted molar refractivity (Wildman–Crippen MR) is 77.2 cm³/mol. The SMILES string of the molecule is CN1CCOC(CNC(=O)NC2CCCCC2C(=O)O)C1. The van der Waals surface area contributed by atoms with Crippen LogP contribution in [0.1, 0.15) is 25.7 Å². The Balaban J connectivity index is 1.74. The number of nitrogens with zero attached hydrogens (tertiary/aromatic N) is 1. The Bertz CT molecular complexity index is 377. The maximum Gasteiger partial charge on any atom is 0.315 e. The van der Waals surface area contributed by atoms with Gasteiger partial charge in [0, 0.05) is 25.7 Å². The van der Waals surface area contributed by atoms with Crippen LogP contribution < -0.4 is 10.6 Å². The number of hydrogen-bond donors (Lipinski definition) is 3. The van der Waals surface area contributed by atoms with Gasteiger partial charge in [0.1, 0.15) is 0 Å². The highest BCUT2D eigenvalue weighted by Gasteiger charge is 2.31. The van der Waals surface area contributed by atoms with Crippen molar-refractivity contribution in [1.82, 2.24) is 15.5 Å². The number of urea groups is 1. The Morgan fingerprint density at radius 2 is 2.10 bits per heavy atom. The number of carboxylic acids is 1. The summed E-state index contributed by atoms with van der Waals surface area (Å²) in [7, 11) is 2.02. The van der Waals surface area contributed by atoms with Crippen LogP contribution in [0.25, 0.3) is 0 Å². The number of rotatable bonds is 4. The molecule has 0 spiro atoms. The summed E-state index contributed by atoms with van der Waals surface area (Å²) in [6.45, 7) is 2.82. The van der Waals surface area contributed by atoms with Gasteiger partial charge in [0.05, 0.1) is 18.6 Å². The van der Waals surface area contributed by atoms with Crippen molar-refractivity contribution < 1.29 is 19.4 Å². The molecule has 0 bridgehead atoms. The minimum absolute atomic E-state index is 0.00359. The van der Waals surface area contributed by atoms with E-state index in [1.165, 1.54) is 0 Å². The number of nitrogens with one attached hydrogen (secondary N) is 2. The molecule has 2 rings (SSSR count). The smallest absolute Gasteiger partial charge is 0.315 e. The zero-order chi connectivity index (χ0) is 15.2. The van der Waals surface area contributed by atoms with Crippen molar-refractivity contribution >= 4 is 12.0 Å². The third-order valence-corrected chi connectivity index (χ3v) is 4.23. The molecule has 2 fully saturated rings. The number of hydrogen-bond acceptors (Lipinski definition) is 4. The number of carbonyl (C=O) groups is 2. The molecule has 0 aromatic rings. The van der Waals surface area contributed by atoms with Crippen LogP contribution in [-0.2, 0) is 9.53 Å². The number of carbonyl (C=O) groups excluding carboxylic acids is 1. The molecule has 3 unspecified atom stereocenters. The molecule has 120 valence electrons. The topological polar surface area (TPSA) is 90.9 Å². The summed E-state index contributed by atoms with van der Waals surface area (Å²) in [4.78, 5) is 25.3. The van der Waals surface area contributed by atoms with Gasteiger partial charge in [-0.05, 0) is 19.9 Å². The van der Waals surface area contributed by atoms with Crippen LogP contribution in [0.5, 0.6) is 0 Å². The Morgan fingerprint density at radius 3 is 2.81 bits per heavy atom. The lowest BCUT2D eigenvalue weighted by Crippen LogP contribution is -2.52. The molecule has 1 aliphatic heterocycles. The van der Waals surface area contributed by atoms with Gasteiger partial charge in [-0.3, -0.25) is 4.79 Å². The molecule has 1 saturated carbocycles. The molecule has 1 heterocycles. The zero-order valence-electron chi connectivity index (χ0n) is 12.5. The first-order valence-electron chi connectivity index (χ1n) is 7.63. The summed E-state index contributed by atoms with van der Waals surface area (Å²) in [5.74, 6) is -1.29. The minimum atomic E-state index is -0.822. The van der Waals surface area contributed by atoms with E-state index in [1.54, 1.807) is 0 Å². The third-order valence-electron chi connectivity index (χ3n) is 4.23. The minimum Gasteiger partial charge on any atom is -0.481 e. The standard InChI is InChI=1S/C14H25N3O4/c1-17-6-7-21-10(9-17)8-15-14(20)16-12-5-3-2-4-11(12)13(18)19/h10-12H,2-9H2,1H3,(H,18,19)(H2,15,16,20).